The zero-order valence-corrected chi connectivity index (χ0v) is 16.5. The molecule has 0 saturated heterocycles. The summed E-state index contributed by atoms with van der Waals surface area (Å²) >= 11 is 1.07. The normalized spacial score (nSPS) is 10.8. The van der Waals surface area contributed by atoms with Gasteiger partial charge in [0.2, 0.25) is 5.91 Å². The van der Waals surface area contributed by atoms with Crippen molar-refractivity contribution < 1.29 is 18.7 Å². The first-order valence-corrected chi connectivity index (χ1v) is 9.78. The molecular weight excluding hydrogens is 396 g/mol. The Balaban J connectivity index is 1.76. The second-order valence-corrected chi connectivity index (χ2v) is 6.91. The lowest BCUT2D eigenvalue weighted by molar-refractivity contribution is -0.117. The maximum absolute atomic E-state index is 12.9. The summed E-state index contributed by atoms with van der Waals surface area (Å²) < 4.78 is 11.6. The summed E-state index contributed by atoms with van der Waals surface area (Å²) in [5.41, 5.74) is 0.306. The number of benzene rings is 1. The van der Waals surface area contributed by atoms with E-state index >= 15 is 0 Å². The number of hydrogen-bond acceptors (Lipinski definition) is 7. The van der Waals surface area contributed by atoms with Crippen LogP contribution in [0.4, 0.5) is 4.79 Å². The average molecular weight is 416 g/mol. The van der Waals surface area contributed by atoms with Gasteiger partial charge >= 0.3 is 6.03 Å². The number of para-hydroxylation sites is 1. The van der Waals surface area contributed by atoms with Crippen molar-refractivity contribution in [3.63, 3.8) is 0 Å². The summed E-state index contributed by atoms with van der Waals surface area (Å²) in [7, 11) is 1.51. The van der Waals surface area contributed by atoms with Gasteiger partial charge in [-0.15, -0.1) is 0 Å². The van der Waals surface area contributed by atoms with Crippen molar-refractivity contribution in [3.05, 3.63) is 58.8 Å². The first-order valence-electron chi connectivity index (χ1n) is 8.80. The summed E-state index contributed by atoms with van der Waals surface area (Å²) in [5, 5.41) is 5.56. The molecule has 3 rings (SSSR count). The number of thioether (sulfide) groups is 1. The number of ether oxygens (including phenoxy) is 1. The van der Waals surface area contributed by atoms with E-state index in [0.717, 1.165) is 11.8 Å². The lowest BCUT2D eigenvalue weighted by atomic mass is 10.2. The van der Waals surface area contributed by atoms with Crippen LogP contribution in [0.5, 0.6) is 0 Å². The van der Waals surface area contributed by atoms with Gasteiger partial charge in [0.15, 0.2) is 5.16 Å². The highest BCUT2D eigenvalue weighted by Crippen LogP contribution is 2.19. The predicted octanol–water partition coefficient (Wildman–Crippen LogP) is 1.60. The highest BCUT2D eigenvalue weighted by Gasteiger charge is 2.15. The summed E-state index contributed by atoms with van der Waals surface area (Å²) in [6, 6.07) is 9.88. The molecule has 152 valence electrons. The monoisotopic (exact) mass is 416 g/mol. The Morgan fingerprint density at radius 3 is 2.83 bits per heavy atom. The largest absolute Gasteiger partial charge is 0.467 e. The third-order valence-corrected chi connectivity index (χ3v) is 4.87. The lowest BCUT2D eigenvalue weighted by Gasteiger charge is -2.12. The Morgan fingerprint density at radius 1 is 1.24 bits per heavy atom. The van der Waals surface area contributed by atoms with Gasteiger partial charge in [0.25, 0.3) is 5.56 Å². The van der Waals surface area contributed by atoms with Crippen molar-refractivity contribution in [3.8, 4) is 0 Å². The first kappa shape index (κ1) is 20.6. The number of aromatic nitrogens is 2. The van der Waals surface area contributed by atoms with Crippen LogP contribution in [0.2, 0.25) is 0 Å². The second-order valence-electron chi connectivity index (χ2n) is 5.97. The number of carbonyl (C=O) groups is 2. The van der Waals surface area contributed by atoms with Gasteiger partial charge in [-0.2, -0.15) is 0 Å². The van der Waals surface area contributed by atoms with Crippen molar-refractivity contribution in [2.45, 2.75) is 11.7 Å². The maximum atomic E-state index is 12.9. The zero-order valence-electron chi connectivity index (χ0n) is 15.7. The number of nitrogens with zero attached hydrogens (tertiary/aromatic N) is 2. The molecule has 0 atom stereocenters. The molecule has 0 saturated carbocycles. The first-order chi connectivity index (χ1) is 14.1. The van der Waals surface area contributed by atoms with E-state index in [4.69, 9.17) is 9.15 Å². The van der Waals surface area contributed by atoms with Crippen LogP contribution >= 0.6 is 11.8 Å². The molecule has 2 N–H and O–H groups in total. The molecule has 1 aromatic carbocycles. The third kappa shape index (κ3) is 5.46. The number of rotatable bonds is 8. The number of nitrogens with one attached hydrogen (secondary N) is 2. The van der Waals surface area contributed by atoms with Crippen LogP contribution in [-0.2, 0) is 16.1 Å². The predicted molar refractivity (Wildman–Crippen MR) is 108 cm³/mol. The Labute approximate surface area is 170 Å². The fourth-order valence-electron chi connectivity index (χ4n) is 2.56. The number of carbonyl (C=O) groups excluding carboxylic acids is 2. The molecule has 10 heteroatoms. The molecule has 0 radical (unpaired) electrons. The molecule has 0 aliphatic carbocycles. The number of fused-ring (bicyclic) bond motifs is 1. The van der Waals surface area contributed by atoms with Crippen LogP contribution in [0, 0.1) is 0 Å². The maximum Gasteiger partial charge on any atom is 0.321 e. The summed E-state index contributed by atoms with van der Waals surface area (Å²) in [4.78, 5) is 41.2. The van der Waals surface area contributed by atoms with Gasteiger partial charge in [-0.1, -0.05) is 23.9 Å². The van der Waals surface area contributed by atoms with Crippen LogP contribution in [0.1, 0.15) is 5.76 Å². The van der Waals surface area contributed by atoms with Crippen molar-refractivity contribution in [2.75, 3.05) is 26.0 Å². The Hall–Kier alpha value is -3.11. The van der Waals surface area contributed by atoms with Gasteiger partial charge in [0.05, 0.1) is 36.1 Å². The van der Waals surface area contributed by atoms with E-state index in [-0.39, 0.29) is 24.4 Å². The SMILES string of the molecule is COCCNC(=O)NC(=O)CSc1nc2ccccc2c(=O)n1Cc1ccco1. The molecule has 3 aromatic rings. The van der Waals surface area contributed by atoms with E-state index in [1.54, 1.807) is 36.4 Å². The minimum Gasteiger partial charge on any atom is -0.467 e. The standard InChI is InChI=1S/C19H20N4O5S/c1-27-10-8-20-18(26)22-16(24)12-29-19-21-15-7-3-2-6-14(15)17(25)23(19)11-13-5-4-9-28-13/h2-7,9H,8,10-12H2,1H3,(H2,20,22,24,26). The number of imide groups is 1. The molecule has 0 fully saturated rings. The van der Waals surface area contributed by atoms with E-state index in [9.17, 15) is 14.4 Å². The fourth-order valence-corrected chi connectivity index (χ4v) is 3.36. The molecule has 2 heterocycles. The highest BCUT2D eigenvalue weighted by atomic mass is 32.2. The van der Waals surface area contributed by atoms with Crippen molar-refractivity contribution in [1.82, 2.24) is 20.2 Å². The van der Waals surface area contributed by atoms with Gasteiger partial charge in [0.1, 0.15) is 5.76 Å². The Bertz CT molecular complexity index is 1050. The van der Waals surface area contributed by atoms with Crippen molar-refractivity contribution in [2.24, 2.45) is 0 Å². The summed E-state index contributed by atoms with van der Waals surface area (Å²) in [6.07, 6.45) is 1.53. The van der Waals surface area contributed by atoms with Crippen LogP contribution in [0.15, 0.2) is 57.0 Å². The van der Waals surface area contributed by atoms with E-state index in [2.05, 4.69) is 15.6 Å². The van der Waals surface area contributed by atoms with Gasteiger partial charge in [-0.05, 0) is 24.3 Å². The van der Waals surface area contributed by atoms with E-state index in [1.807, 2.05) is 0 Å². The number of hydrogen-bond donors (Lipinski definition) is 2. The van der Waals surface area contributed by atoms with Crippen LogP contribution in [0.3, 0.4) is 0 Å². The van der Waals surface area contributed by atoms with Gasteiger partial charge < -0.3 is 14.5 Å². The number of urea groups is 1. The average Bonchev–Trinajstić information content (AvgIpc) is 3.22. The van der Waals surface area contributed by atoms with Crippen LogP contribution in [-0.4, -0.2) is 47.5 Å². The van der Waals surface area contributed by atoms with Crippen molar-refractivity contribution >= 4 is 34.6 Å². The molecule has 0 aliphatic heterocycles. The van der Waals surface area contributed by atoms with E-state index < -0.39 is 11.9 Å². The molecule has 0 unspecified atom stereocenters. The Morgan fingerprint density at radius 2 is 2.07 bits per heavy atom. The van der Waals surface area contributed by atoms with E-state index in [0.29, 0.717) is 28.4 Å². The molecule has 0 bridgehead atoms. The minimum absolute atomic E-state index is 0.0827. The molecule has 0 spiro atoms. The van der Waals surface area contributed by atoms with Gasteiger partial charge in [0, 0.05) is 13.7 Å². The molecular formula is C19H20N4O5S. The molecule has 2 aromatic heterocycles. The quantitative estimate of drug-likeness (QED) is 0.326. The van der Waals surface area contributed by atoms with Crippen molar-refractivity contribution in [1.29, 1.82) is 0 Å². The smallest absolute Gasteiger partial charge is 0.321 e. The fraction of sp³-hybridized carbons (Fsp3) is 0.263. The topological polar surface area (TPSA) is 115 Å². The third-order valence-electron chi connectivity index (χ3n) is 3.90. The van der Waals surface area contributed by atoms with Crippen LogP contribution in [0.25, 0.3) is 10.9 Å². The number of methoxy groups -OCH3 is 1. The summed E-state index contributed by atoms with van der Waals surface area (Å²) in [6.45, 7) is 0.819. The lowest BCUT2D eigenvalue weighted by Crippen LogP contribution is -2.41. The molecule has 0 aliphatic rings. The molecule has 9 nitrogen and oxygen atoms in total. The second kappa shape index (κ2) is 9.89. The molecule has 3 amide bonds. The van der Waals surface area contributed by atoms with Gasteiger partial charge in [-0.25, -0.2) is 9.78 Å². The van der Waals surface area contributed by atoms with Gasteiger partial charge in [-0.3, -0.25) is 19.5 Å². The zero-order chi connectivity index (χ0) is 20.6. The minimum atomic E-state index is -0.605. The van der Waals surface area contributed by atoms with Crippen LogP contribution < -0.4 is 16.2 Å². The number of amides is 3. The van der Waals surface area contributed by atoms with E-state index in [1.165, 1.54) is 17.9 Å². The number of furan rings is 1. The molecule has 29 heavy (non-hydrogen) atoms. The summed E-state index contributed by atoms with van der Waals surface area (Å²) in [5.74, 6) is 0.00514. The Kier molecular flexibility index (Phi) is 7.04. The highest BCUT2D eigenvalue weighted by molar-refractivity contribution is 7.99.